The van der Waals surface area contributed by atoms with Crippen molar-refractivity contribution < 1.29 is 4.74 Å². The molecule has 0 aromatic carbocycles. The van der Waals surface area contributed by atoms with Gasteiger partial charge >= 0.3 is 6.01 Å². The molecule has 2 heterocycles. The monoisotopic (exact) mass is 195 g/mol. The third-order valence-corrected chi connectivity index (χ3v) is 2.51. The number of thiophene rings is 1. The van der Waals surface area contributed by atoms with Gasteiger partial charge in [0.25, 0.3) is 0 Å². The fourth-order valence-electron chi connectivity index (χ4n) is 1.06. The predicted molar refractivity (Wildman–Crippen MR) is 53.0 cm³/mol. The van der Waals surface area contributed by atoms with Crippen molar-refractivity contribution in [3.05, 3.63) is 11.4 Å². The quantitative estimate of drug-likeness (QED) is 0.791. The first-order valence-electron chi connectivity index (χ1n) is 3.94. The van der Waals surface area contributed by atoms with E-state index in [-0.39, 0.29) is 0 Å². The molecule has 0 saturated carbocycles. The maximum Gasteiger partial charge on any atom is 0.318 e. The third-order valence-electron chi connectivity index (χ3n) is 1.58. The molecule has 0 saturated heterocycles. The molecular formula is C8H9N3OS. The van der Waals surface area contributed by atoms with Gasteiger partial charge in [0.05, 0.1) is 16.8 Å². The summed E-state index contributed by atoms with van der Waals surface area (Å²) in [6, 6.07) is 2.26. The molecule has 0 aliphatic heterocycles. The molecule has 2 N–H and O–H groups in total. The summed E-state index contributed by atoms with van der Waals surface area (Å²) in [5.41, 5.74) is 6.56. The molecule has 2 aromatic rings. The van der Waals surface area contributed by atoms with Crippen molar-refractivity contribution in [3.63, 3.8) is 0 Å². The van der Waals surface area contributed by atoms with Gasteiger partial charge in [-0.2, -0.15) is 9.97 Å². The normalized spacial score (nSPS) is 10.5. The van der Waals surface area contributed by atoms with Crippen LogP contribution in [-0.4, -0.2) is 16.6 Å². The highest BCUT2D eigenvalue weighted by molar-refractivity contribution is 7.17. The zero-order chi connectivity index (χ0) is 9.26. The molecule has 0 spiro atoms. The number of nitrogen functional groups attached to an aromatic ring is 1. The Balaban J connectivity index is 2.56. The first-order valence-corrected chi connectivity index (χ1v) is 4.82. The van der Waals surface area contributed by atoms with Crippen molar-refractivity contribution in [1.82, 2.24) is 9.97 Å². The second-order valence-corrected chi connectivity index (χ2v) is 3.38. The molecule has 0 bridgehead atoms. The Morgan fingerprint density at radius 3 is 3.15 bits per heavy atom. The van der Waals surface area contributed by atoms with E-state index in [0.717, 1.165) is 10.2 Å². The largest absolute Gasteiger partial charge is 0.464 e. The van der Waals surface area contributed by atoms with Crippen LogP contribution < -0.4 is 10.5 Å². The molecule has 0 unspecified atom stereocenters. The molecule has 2 aromatic heterocycles. The number of anilines is 1. The van der Waals surface area contributed by atoms with Crippen LogP contribution in [0.25, 0.3) is 10.2 Å². The van der Waals surface area contributed by atoms with Gasteiger partial charge in [0, 0.05) is 0 Å². The molecular weight excluding hydrogens is 186 g/mol. The predicted octanol–water partition coefficient (Wildman–Crippen LogP) is 1.67. The number of fused-ring (bicyclic) bond motifs is 1. The Morgan fingerprint density at radius 1 is 1.54 bits per heavy atom. The van der Waals surface area contributed by atoms with E-state index < -0.39 is 0 Å². The lowest BCUT2D eigenvalue weighted by Crippen LogP contribution is -2.00. The van der Waals surface area contributed by atoms with Crippen molar-refractivity contribution in [1.29, 1.82) is 0 Å². The van der Waals surface area contributed by atoms with E-state index in [1.165, 1.54) is 11.3 Å². The highest BCUT2D eigenvalue weighted by Crippen LogP contribution is 2.25. The summed E-state index contributed by atoms with van der Waals surface area (Å²) in [6.45, 7) is 2.44. The summed E-state index contributed by atoms with van der Waals surface area (Å²) in [4.78, 5) is 8.20. The summed E-state index contributed by atoms with van der Waals surface area (Å²) in [5, 5.41) is 1.94. The molecule has 0 aliphatic rings. The van der Waals surface area contributed by atoms with Crippen molar-refractivity contribution in [3.8, 4) is 6.01 Å². The van der Waals surface area contributed by atoms with Gasteiger partial charge in [0.1, 0.15) is 5.82 Å². The fraction of sp³-hybridized carbons (Fsp3) is 0.250. The molecule has 0 radical (unpaired) electrons. The molecule has 13 heavy (non-hydrogen) atoms. The second-order valence-electron chi connectivity index (χ2n) is 2.46. The Hall–Kier alpha value is -1.36. The topological polar surface area (TPSA) is 61.0 Å². The van der Waals surface area contributed by atoms with E-state index in [2.05, 4.69) is 9.97 Å². The molecule has 0 atom stereocenters. The average molecular weight is 195 g/mol. The highest BCUT2D eigenvalue weighted by atomic mass is 32.1. The number of hydrogen-bond donors (Lipinski definition) is 1. The standard InChI is InChI=1S/C8H9N3OS/c1-2-12-8-10-5-3-4-13-6(5)7(9)11-8/h3-4H,2H2,1H3,(H2,9,10,11). The van der Waals surface area contributed by atoms with E-state index in [1.54, 1.807) is 0 Å². The Morgan fingerprint density at radius 2 is 2.38 bits per heavy atom. The Labute approximate surface area is 79.4 Å². The lowest BCUT2D eigenvalue weighted by molar-refractivity contribution is 0.314. The lowest BCUT2D eigenvalue weighted by atomic mass is 10.4. The summed E-state index contributed by atoms with van der Waals surface area (Å²) >= 11 is 1.54. The van der Waals surface area contributed by atoms with Crippen molar-refractivity contribution in [2.75, 3.05) is 12.3 Å². The van der Waals surface area contributed by atoms with Crippen LogP contribution >= 0.6 is 11.3 Å². The van der Waals surface area contributed by atoms with Crippen LogP contribution in [0.15, 0.2) is 11.4 Å². The zero-order valence-corrected chi connectivity index (χ0v) is 7.97. The molecule has 4 nitrogen and oxygen atoms in total. The summed E-state index contributed by atoms with van der Waals surface area (Å²) in [7, 11) is 0. The van der Waals surface area contributed by atoms with E-state index in [4.69, 9.17) is 10.5 Å². The minimum atomic E-state index is 0.353. The molecule has 0 amide bonds. The number of rotatable bonds is 2. The SMILES string of the molecule is CCOc1nc(N)c2sccc2n1. The van der Waals surface area contributed by atoms with Gasteiger partial charge in [-0.15, -0.1) is 11.3 Å². The van der Waals surface area contributed by atoms with Gasteiger partial charge in [-0.25, -0.2) is 0 Å². The molecule has 5 heteroatoms. The maximum absolute atomic E-state index is 5.71. The highest BCUT2D eigenvalue weighted by Gasteiger charge is 2.05. The van der Waals surface area contributed by atoms with Crippen LogP contribution in [0.4, 0.5) is 5.82 Å². The summed E-state index contributed by atoms with van der Waals surface area (Å²) < 4.78 is 6.09. The van der Waals surface area contributed by atoms with Gasteiger partial charge in [-0.05, 0) is 18.4 Å². The smallest absolute Gasteiger partial charge is 0.318 e. The van der Waals surface area contributed by atoms with Crippen molar-refractivity contribution >= 4 is 27.4 Å². The summed E-state index contributed by atoms with van der Waals surface area (Å²) in [5.74, 6) is 0.489. The van der Waals surface area contributed by atoms with Crippen LogP contribution in [0, 0.1) is 0 Å². The Bertz CT molecular complexity index is 426. The lowest BCUT2D eigenvalue weighted by Gasteiger charge is -2.01. The van der Waals surface area contributed by atoms with E-state index >= 15 is 0 Å². The number of aromatic nitrogens is 2. The maximum atomic E-state index is 5.71. The van der Waals surface area contributed by atoms with Gasteiger partial charge in [-0.3, -0.25) is 0 Å². The van der Waals surface area contributed by atoms with Crippen LogP contribution in [0.5, 0.6) is 6.01 Å². The molecule has 0 aliphatic carbocycles. The molecule has 68 valence electrons. The first-order chi connectivity index (χ1) is 6.31. The average Bonchev–Trinajstić information content (AvgIpc) is 2.53. The van der Waals surface area contributed by atoms with Gasteiger partial charge in [0.15, 0.2) is 0 Å². The van der Waals surface area contributed by atoms with E-state index in [0.29, 0.717) is 18.4 Å². The first kappa shape index (κ1) is 8.25. The number of hydrogen-bond acceptors (Lipinski definition) is 5. The van der Waals surface area contributed by atoms with Gasteiger partial charge in [0.2, 0.25) is 0 Å². The summed E-state index contributed by atoms with van der Waals surface area (Å²) in [6.07, 6.45) is 0. The molecule has 0 fully saturated rings. The van der Waals surface area contributed by atoms with Crippen LogP contribution in [0.1, 0.15) is 6.92 Å². The fourth-order valence-corrected chi connectivity index (χ4v) is 1.79. The van der Waals surface area contributed by atoms with Crippen molar-refractivity contribution in [2.24, 2.45) is 0 Å². The number of nitrogens with zero attached hydrogens (tertiary/aromatic N) is 2. The van der Waals surface area contributed by atoms with Gasteiger partial charge in [-0.1, -0.05) is 0 Å². The molecule has 2 rings (SSSR count). The van der Waals surface area contributed by atoms with Gasteiger partial charge < -0.3 is 10.5 Å². The number of ether oxygens (including phenoxy) is 1. The Kier molecular flexibility index (Phi) is 2.02. The van der Waals surface area contributed by atoms with E-state index in [9.17, 15) is 0 Å². The van der Waals surface area contributed by atoms with Crippen LogP contribution in [0.3, 0.4) is 0 Å². The number of nitrogens with two attached hydrogens (primary N) is 1. The third kappa shape index (κ3) is 1.42. The van der Waals surface area contributed by atoms with Crippen LogP contribution in [0.2, 0.25) is 0 Å². The second kappa shape index (κ2) is 3.18. The minimum Gasteiger partial charge on any atom is -0.464 e. The van der Waals surface area contributed by atoms with Crippen molar-refractivity contribution in [2.45, 2.75) is 6.92 Å². The zero-order valence-electron chi connectivity index (χ0n) is 7.15. The minimum absolute atomic E-state index is 0.353. The van der Waals surface area contributed by atoms with Crippen LogP contribution in [-0.2, 0) is 0 Å². The van der Waals surface area contributed by atoms with E-state index in [1.807, 2.05) is 18.4 Å².